The Morgan fingerprint density at radius 3 is 2.43 bits per heavy atom. The third-order valence-electron chi connectivity index (χ3n) is 1.99. The van der Waals surface area contributed by atoms with E-state index in [9.17, 15) is 0 Å². The minimum atomic E-state index is -0.215. The van der Waals surface area contributed by atoms with Crippen LogP contribution in [-0.2, 0) is 4.74 Å². The molecular formula is C12H13NO. The Labute approximate surface area is 83.9 Å². The first-order valence-corrected chi connectivity index (χ1v) is 4.68. The largest absolute Gasteiger partial charge is 0.467 e. The molecule has 0 N–H and O–H groups in total. The minimum absolute atomic E-state index is 0.215. The van der Waals surface area contributed by atoms with Gasteiger partial charge in [-0.25, -0.2) is 4.99 Å². The molecule has 0 saturated carbocycles. The van der Waals surface area contributed by atoms with Crippen molar-refractivity contribution < 1.29 is 4.74 Å². The lowest BCUT2D eigenvalue weighted by molar-refractivity contribution is 0.162. The molecule has 72 valence electrons. The van der Waals surface area contributed by atoms with Gasteiger partial charge in [-0.05, 0) is 32.1 Å². The van der Waals surface area contributed by atoms with Crippen LogP contribution in [0.15, 0.2) is 47.5 Å². The zero-order chi connectivity index (χ0) is 10.0. The Morgan fingerprint density at radius 2 is 1.86 bits per heavy atom. The fraction of sp³-hybridized carbons (Fsp3) is 0.250. The Hall–Kier alpha value is -1.57. The number of hydrogen-bond donors (Lipinski definition) is 0. The van der Waals surface area contributed by atoms with Crippen LogP contribution in [0.1, 0.15) is 13.8 Å². The standard InChI is InChI=1S/C12H13NO/c1-12(2)9-8-11(14-12)13-10-6-4-3-5-7-10/h3-9H,1-2H3. The van der Waals surface area contributed by atoms with Crippen molar-refractivity contribution in [1.29, 1.82) is 0 Å². The van der Waals surface area contributed by atoms with Crippen LogP contribution in [0, 0.1) is 0 Å². The molecule has 2 heteroatoms. The first kappa shape index (κ1) is 9.00. The van der Waals surface area contributed by atoms with Gasteiger partial charge in [-0.2, -0.15) is 0 Å². The predicted molar refractivity (Wildman–Crippen MR) is 57.8 cm³/mol. The van der Waals surface area contributed by atoms with Gasteiger partial charge in [0.2, 0.25) is 5.90 Å². The van der Waals surface area contributed by atoms with Gasteiger partial charge in [0.15, 0.2) is 0 Å². The van der Waals surface area contributed by atoms with Gasteiger partial charge in [0.1, 0.15) is 5.60 Å². The maximum absolute atomic E-state index is 5.59. The van der Waals surface area contributed by atoms with Crippen molar-refractivity contribution in [3.63, 3.8) is 0 Å². The summed E-state index contributed by atoms with van der Waals surface area (Å²) in [6, 6.07) is 9.80. The van der Waals surface area contributed by atoms with Crippen molar-refractivity contribution in [2.24, 2.45) is 4.99 Å². The molecule has 14 heavy (non-hydrogen) atoms. The summed E-state index contributed by atoms with van der Waals surface area (Å²) in [7, 11) is 0. The first-order chi connectivity index (χ1) is 6.66. The lowest BCUT2D eigenvalue weighted by Crippen LogP contribution is -2.17. The fourth-order valence-corrected chi connectivity index (χ4v) is 1.30. The Kier molecular flexibility index (Phi) is 2.12. The number of hydrogen-bond acceptors (Lipinski definition) is 2. The zero-order valence-electron chi connectivity index (χ0n) is 8.40. The zero-order valence-corrected chi connectivity index (χ0v) is 8.40. The lowest BCUT2D eigenvalue weighted by atomic mass is 10.1. The van der Waals surface area contributed by atoms with E-state index in [1.54, 1.807) is 0 Å². The van der Waals surface area contributed by atoms with Crippen LogP contribution < -0.4 is 0 Å². The summed E-state index contributed by atoms with van der Waals surface area (Å²) in [6.07, 6.45) is 3.92. The summed E-state index contributed by atoms with van der Waals surface area (Å²) in [5, 5.41) is 0. The monoisotopic (exact) mass is 187 g/mol. The molecule has 0 bridgehead atoms. The number of benzene rings is 1. The molecule has 0 saturated heterocycles. The van der Waals surface area contributed by atoms with Crippen LogP contribution in [0.5, 0.6) is 0 Å². The van der Waals surface area contributed by atoms with Crippen LogP contribution in [-0.4, -0.2) is 11.5 Å². The molecule has 0 atom stereocenters. The van der Waals surface area contributed by atoms with Crippen LogP contribution in [0.4, 0.5) is 5.69 Å². The van der Waals surface area contributed by atoms with E-state index in [0.717, 1.165) is 5.69 Å². The summed E-state index contributed by atoms with van der Waals surface area (Å²) in [4.78, 5) is 4.36. The van der Waals surface area contributed by atoms with E-state index < -0.39 is 0 Å². The molecule has 0 fully saturated rings. The Bertz CT molecular complexity index is 377. The third-order valence-corrected chi connectivity index (χ3v) is 1.99. The molecule has 1 heterocycles. The summed E-state index contributed by atoms with van der Waals surface area (Å²) in [6.45, 7) is 4.02. The number of para-hydroxylation sites is 1. The van der Waals surface area contributed by atoms with E-state index in [4.69, 9.17) is 4.74 Å². The van der Waals surface area contributed by atoms with E-state index in [0.29, 0.717) is 5.90 Å². The van der Waals surface area contributed by atoms with E-state index in [1.165, 1.54) is 0 Å². The highest BCUT2D eigenvalue weighted by Crippen LogP contribution is 2.21. The Balaban J connectivity index is 2.19. The second-order valence-electron chi connectivity index (χ2n) is 3.82. The number of aliphatic imine (C=N–C) groups is 1. The van der Waals surface area contributed by atoms with Crippen LogP contribution in [0.2, 0.25) is 0 Å². The van der Waals surface area contributed by atoms with Crippen molar-refractivity contribution in [3.8, 4) is 0 Å². The molecule has 1 aliphatic heterocycles. The van der Waals surface area contributed by atoms with E-state index in [-0.39, 0.29) is 5.60 Å². The highest BCUT2D eigenvalue weighted by atomic mass is 16.5. The second-order valence-corrected chi connectivity index (χ2v) is 3.82. The number of nitrogens with zero attached hydrogens (tertiary/aromatic N) is 1. The van der Waals surface area contributed by atoms with Gasteiger partial charge in [-0.1, -0.05) is 18.2 Å². The molecule has 2 nitrogen and oxygen atoms in total. The van der Waals surface area contributed by atoms with E-state index >= 15 is 0 Å². The summed E-state index contributed by atoms with van der Waals surface area (Å²) < 4.78 is 5.59. The van der Waals surface area contributed by atoms with Crippen molar-refractivity contribution in [3.05, 3.63) is 42.5 Å². The molecule has 2 rings (SSSR count). The highest BCUT2D eigenvalue weighted by Gasteiger charge is 2.22. The highest BCUT2D eigenvalue weighted by molar-refractivity contribution is 5.92. The molecule has 0 radical (unpaired) electrons. The molecule has 0 spiro atoms. The molecule has 0 unspecified atom stereocenters. The van der Waals surface area contributed by atoms with Crippen molar-refractivity contribution >= 4 is 11.6 Å². The molecule has 0 aromatic heterocycles. The van der Waals surface area contributed by atoms with Crippen molar-refractivity contribution in [1.82, 2.24) is 0 Å². The maximum Gasteiger partial charge on any atom is 0.214 e. The van der Waals surface area contributed by atoms with Crippen LogP contribution >= 0.6 is 0 Å². The number of ether oxygens (including phenoxy) is 1. The minimum Gasteiger partial charge on any atom is -0.467 e. The van der Waals surface area contributed by atoms with Gasteiger partial charge in [0.25, 0.3) is 0 Å². The summed E-state index contributed by atoms with van der Waals surface area (Å²) in [5.74, 6) is 0.682. The van der Waals surface area contributed by atoms with Gasteiger partial charge in [0, 0.05) is 6.08 Å². The maximum atomic E-state index is 5.59. The van der Waals surface area contributed by atoms with Crippen LogP contribution in [0.25, 0.3) is 0 Å². The molecule has 0 amide bonds. The Morgan fingerprint density at radius 1 is 1.14 bits per heavy atom. The van der Waals surface area contributed by atoms with E-state index in [2.05, 4.69) is 4.99 Å². The van der Waals surface area contributed by atoms with Gasteiger partial charge in [-0.3, -0.25) is 0 Å². The van der Waals surface area contributed by atoms with Gasteiger partial charge in [-0.15, -0.1) is 0 Å². The van der Waals surface area contributed by atoms with Crippen molar-refractivity contribution in [2.45, 2.75) is 19.4 Å². The van der Waals surface area contributed by atoms with Gasteiger partial charge >= 0.3 is 0 Å². The molecule has 0 aliphatic carbocycles. The SMILES string of the molecule is CC1(C)C=CC(=Nc2ccccc2)O1. The lowest BCUT2D eigenvalue weighted by Gasteiger charge is -2.15. The first-order valence-electron chi connectivity index (χ1n) is 4.68. The van der Waals surface area contributed by atoms with Gasteiger partial charge in [0.05, 0.1) is 5.69 Å². The average molecular weight is 187 g/mol. The quantitative estimate of drug-likeness (QED) is 0.662. The number of rotatable bonds is 1. The smallest absolute Gasteiger partial charge is 0.214 e. The van der Waals surface area contributed by atoms with Crippen molar-refractivity contribution in [2.75, 3.05) is 0 Å². The second kappa shape index (κ2) is 3.29. The molecule has 1 aromatic rings. The predicted octanol–water partition coefficient (Wildman–Crippen LogP) is 3.08. The van der Waals surface area contributed by atoms with Gasteiger partial charge < -0.3 is 4.74 Å². The summed E-state index contributed by atoms with van der Waals surface area (Å²) in [5.41, 5.74) is 0.706. The van der Waals surface area contributed by atoms with E-state index in [1.807, 2.05) is 56.3 Å². The fourth-order valence-electron chi connectivity index (χ4n) is 1.30. The average Bonchev–Trinajstić information content (AvgIpc) is 2.47. The third kappa shape index (κ3) is 2.02. The molecule has 1 aliphatic rings. The molecule has 1 aromatic carbocycles. The van der Waals surface area contributed by atoms with Crippen LogP contribution in [0.3, 0.4) is 0 Å². The topological polar surface area (TPSA) is 21.6 Å². The normalized spacial score (nSPS) is 21.1. The summed E-state index contributed by atoms with van der Waals surface area (Å²) >= 11 is 0. The molecular weight excluding hydrogens is 174 g/mol.